The maximum absolute atomic E-state index is 12.7. The van der Waals surface area contributed by atoms with Crippen molar-refractivity contribution in [2.45, 2.75) is 39.0 Å². The van der Waals surface area contributed by atoms with Crippen molar-refractivity contribution in [3.63, 3.8) is 0 Å². The van der Waals surface area contributed by atoms with Crippen LogP contribution >= 0.6 is 0 Å². The normalized spacial score (nSPS) is 19.9. The number of amides is 1. The van der Waals surface area contributed by atoms with Crippen LogP contribution in [0.5, 0.6) is 0 Å². The van der Waals surface area contributed by atoms with Gasteiger partial charge in [0.2, 0.25) is 5.91 Å². The fraction of sp³-hybridized carbons (Fsp3) is 0.647. The number of carbonyl (C=O) groups excluding carboxylic acids is 1. The molecule has 0 aromatic carbocycles. The molecule has 2 aliphatic heterocycles. The number of rotatable bonds is 2. The molecule has 2 fully saturated rings. The van der Waals surface area contributed by atoms with Crippen molar-refractivity contribution in [2.24, 2.45) is 5.92 Å². The summed E-state index contributed by atoms with van der Waals surface area (Å²) in [7, 11) is 0. The molecule has 7 nitrogen and oxygen atoms in total. The Balaban J connectivity index is 1.45. The number of anilines is 1. The van der Waals surface area contributed by atoms with Crippen LogP contribution in [0, 0.1) is 12.8 Å². The van der Waals surface area contributed by atoms with Crippen molar-refractivity contribution in [3.05, 3.63) is 18.1 Å². The van der Waals surface area contributed by atoms with Crippen LogP contribution in [0.2, 0.25) is 0 Å². The van der Waals surface area contributed by atoms with E-state index in [1.807, 2.05) is 6.92 Å². The highest BCUT2D eigenvalue weighted by atomic mass is 16.2. The molecule has 2 aromatic rings. The largest absolute Gasteiger partial charge is 0.356 e. The van der Waals surface area contributed by atoms with Crippen molar-refractivity contribution in [1.29, 1.82) is 0 Å². The molecule has 0 bridgehead atoms. The van der Waals surface area contributed by atoms with E-state index in [-0.39, 0.29) is 5.92 Å². The predicted molar refractivity (Wildman–Crippen MR) is 90.9 cm³/mol. The molecule has 0 spiro atoms. The van der Waals surface area contributed by atoms with Crippen LogP contribution < -0.4 is 4.90 Å². The van der Waals surface area contributed by atoms with Crippen molar-refractivity contribution in [3.8, 4) is 0 Å². The first-order valence-corrected chi connectivity index (χ1v) is 8.93. The van der Waals surface area contributed by atoms with Crippen molar-refractivity contribution >= 4 is 17.5 Å². The molecule has 0 atom stereocenters. The third-order valence-electron chi connectivity index (χ3n) is 5.20. The molecule has 0 N–H and O–H groups in total. The number of hydrogen-bond donors (Lipinski definition) is 0. The minimum Gasteiger partial charge on any atom is -0.356 e. The molecule has 7 heteroatoms. The molecule has 2 saturated heterocycles. The summed E-state index contributed by atoms with van der Waals surface area (Å²) < 4.78 is 1.79. The molecule has 2 aliphatic rings. The van der Waals surface area contributed by atoms with Gasteiger partial charge in [-0.15, -0.1) is 0 Å². The van der Waals surface area contributed by atoms with Crippen molar-refractivity contribution < 1.29 is 4.79 Å². The molecule has 1 amide bonds. The lowest BCUT2D eigenvalue weighted by Gasteiger charge is -2.36. The van der Waals surface area contributed by atoms with Gasteiger partial charge < -0.3 is 9.80 Å². The highest BCUT2D eigenvalue weighted by Crippen LogP contribution is 2.26. The van der Waals surface area contributed by atoms with Crippen LogP contribution in [0.4, 0.5) is 5.82 Å². The molecule has 0 unspecified atom stereocenters. The average molecular weight is 328 g/mol. The van der Waals surface area contributed by atoms with Gasteiger partial charge in [-0.2, -0.15) is 14.6 Å². The molecule has 4 heterocycles. The van der Waals surface area contributed by atoms with Crippen molar-refractivity contribution in [1.82, 2.24) is 24.5 Å². The van der Waals surface area contributed by atoms with Gasteiger partial charge in [0.05, 0.1) is 0 Å². The second kappa shape index (κ2) is 6.37. The zero-order valence-corrected chi connectivity index (χ0v) is 14.2. The van der Waals surface area contributed by atoms with Gasteiger partial charge in [0.25, 0.3) is 5.78 Å². The van der Waals surface area contributed by atoms with Gasteiger partial charge >= 0.3 is 0 Å². The summed E-state index contributed by atoms with van der Waals surface area (Å²) in [6.45, 7) is 5.63. The maximum Gasteiger partial charge on any atom is 0.254 e. The Bertz CT molecular complexity index is 728. The zero-order chi connectivity index (χ0) is 16.5. The van der Waals surface area contributed by atoms with Gasteiger partial charge in [0.1, 0.15) is 12.1 Å². The first kappa shape index (κ1) is 15.4. The number of likely N-dealkylation sites (tertiary alicyclic amines) is 1. The summed E-state index contributed by atoms with van der Waals surface area (Å²) in [5.74, 6) is 2.20. The van der Waals surface area contributed by atoms with Gasteiger partial charge in [-0.25, -0.2) is 4.98 Å². The van der Waals surface area contributed by atoms with Crippen LogP contribution in [0.15, 0.2) is 12.4 Å². The second-order valence-electron chi connectivity index (χ2n) is 6.87. The SMILES string of the molecule is Cc1cc(N2CCC(C(=O)N3CCCCC3)CC2)n2ncnc2n1. The van der Waals surface area contributed by atoms with E-state index in [0.29, 0.717) is 11.7 Å². The fourth-order valence-electron chi connectivity index (χ4n) is 3.86. The van der Waals surface area contributed by atoms with Gasteiger partial charge in [-0.3, -0.25) is 4.79 Å². The van der Waals surface area contributed by atoms with Crippen molar-refractivity contribution in [2.75, 3.05) is 31.1 Å². The Labute approximate surface area is 141 Å². The number of aromatic nitrogens is 4. The van der Waals surface area contributed by atoms with Gasteiger partial charge in [0.15, 0.2) is 0 Å². The molecular formula is C17H24N6O. The van der Waals surface area contributed by atoms with E-state index in [9.17, 15) is 4.79 Å². The molecule has 4 rings (SSSR count). The number of aryl methyl sites for hydroxylation is 1. The Morgan fingerprint density at radius 3 is 2.62 bits per heavy atom. The Morgan fingerprint density at radius 2 is 1.88 bits per heavy atom. The number of carbonyl (C=O) groups is 1. The summed E-state index contributed by atoms with van der Waals surface area (Å²) >= 11 is 0. The molecular weight excluding hydrogens is 304 g/mol. The molecule has 2 aromatic heterocycles. The van der Waals surface area contributed by atoms with E-state index < -0.39 is 0 Å². The van der Waals surface area contributed by atoms with Crippen LogP contribution in [0.3, 0.4) is 0 Å². The van der Waals surface area contributed by atoms with Gasteiger partial charge in [0, 0.05) is 43.9 Å². The Morgan fingerprint density at radius 1 is 1.12 bits per heavy atom. The van der Waals surface area contributed by atoms with E-state index >= 15 is 0 Å². The lowest BCUT2D eigenvalue weighted by molar-refractivity contribution is -0.137. The average Bonchev–Trinajstić information content (AvgIpc) is 3.09. The third kappa shape index (κ3) is 2.83. The van der Waals surface area contributed by atoms with E-state index in [4.69, 9.17) is 0 Å². The summed E-state index contributed by atoms with van der Waals surface area (Å²) in [6.07, 6.45) is 6.94. The lowest BCUT2D eigenvalue weighted by atomic mass is 9.94. The van der Waals surface area contributed by atoms with Gasteiger partial charge in [-0.05, 0) is 39.0 Å². The fourth-order valence-corrected chi connectivity index (χ4v) is 3.86. The van der Waals surface area contributed by atoms with Crippen LogP contribution in [0.25, 0.3) is 5.78 Å². The minimum absolute atomic E-state index is 0.175. The lowest BCUT2D eigenvalue weighted by Crippen LogP contribution is -2.44. The van der Waals surface area contributed by atoms with Gasteiger partial charge in [-0.1, -0.05) is 0 Å². The standard InChI is InChI=1S/C17H24N6O/c1-13-11-15(23-17(20-13)18-12-19-23)21-9-5-14(6-10-21)16(24)22-7-3-2-4-8-22/h11-12,14H,2-10H2,1H3. The van der Waals surface area contributed by atoms with Crippen LogP contribution in [0.1, 0.15) is 37.8 Å². The molecule has 128 valence electrons. The van der Waals surface area contributed by atoms with E-state index in [1.165, 1.54) is 12.7 Å². The monoisotopic (exact) mass is 328 g/mol. The highest BCUT2D eigenvalue weighted by Gasteiger charge is 2.30. The number of piperidine rings is 2. The molecule has 0 radical (unpaired) electrons. The van der Waals surface area contributed by atoms with Crippen LogP contribution in [-0.4, -0.2) is 56.6 Å². The minimum atomic E-state index is 0.175. The first-order chi connectivity index (χ1) is 11.7. The first-order valence-electron chi connectivity index (χ1n) is 8.93. The molecule has 0 aliphatic carbocycles. The summed E-state index contributed by atoms with van der Waals surface area (Å²) in [4.78, 5) is 25.7. The summed E-state index contributed by atoms with van der Waals surface area (Å²) in [5.41, 5.74) is 0.942. The topological polar surface area (TPSA) is 66.6 Å². The van der Waals surface area contributed by atoms with E-state index in [1.54, 1.807) is 4.52 Å². The van der Waals surface area contributed by atoms with Crippen LogP contribution in [-0.2, 0) is 4.79 Å². The second-order valence-corrected chi connectivity index (χ2v) is 6.87. The predicted octanol–water partition coefficient (Wildman–Crippen LogP) is 1.66. The Hall–Kier alpha value is -2.18. The number of hydrogen-bond acceptors (Lipinski definition) is 5. The van der Waals surface area contributed by atoms with E-state index in [0.717, 1.165) is 63.4 Å². The Kier molecular flexibility index (Phi) is 4.08. The van der Waals surface area contributed by atoms with E-state index in [2.05, 4.69) is 30.9 Å². The number of nitrogens with zero attached hydrogens (tertiary/aromatic N) is 6. The smallest absolute Gasteiger partial charge is 0.254 e. The molecule has 24 heavy (non-hydrogen) atoms. The summed E-state index contributed by atoms with van der Waals surface area (Å²) in [5, 5.41) is 4.29. The number of fused-ring (bicyclic) bond motifs is 1. The quantitative estimate of drug-likeness (QED) is 0.839. The summed E-state index contributed by atoms with van der Waals surface area (Å²) in [6, 6.07) is 2.05. The zero-order valence-electron chi connectivity index (χ0n) is 14.2. The highest BCUT2D eigenvalue weighted by molar-refractivity contribution is 5.79. The maximum atomic E-state index is 12.7. The molecule has 0 saturated carbocycles. The third-order valence-corrected chi connectivity index (χ3v) is 5.20.